The molecule has 0 fully saturated rings. The highest BCUT2D eigenvalue weighted by atomic mass is 16.5. The number of fused-ring (bicyclic) bond motifs is 1. The molecular formula is C17H17NO2. The number of nitrogens with two attached hydrogens (primary N) is 1. The van der Waals surface area contributed by atoms with Crippen molar-refractivity contribution in [3.05, 3.63) is 42.0 Å². The molecule has 2 aromatic rings. The number of carbonyl (C=O) groups excluding carboxylic acids is 1. The van der Waals surface area contributed by atoms with Gasteiger partial charge in [-0.1, -0.05) is 37.1 Å². The molecule has 0 aromatic heterocycles. The standard InChI is InChI=1S/C17H17NO2/c1-3-10-20-13-9-8-12-6-5-7-15(16(12)11-13)14(4-2)17(18)19/h1,5-9,11,14H,4,10H2,2H3,(H2,18,19). The number of hydrogen-bond acceptors (Lipinski definition) is 2. The van der Waals surface area contributed by atoms with Crippen LogP contribution in [0.3, 0.4) is 0 Å². The average molecular weight is 267 g/mol. The lowest BCUT2D eigenvalue weighted by Gasteiger charge is -2.15. The van der Waals surface area contributed by atoms with Crippen molar-refractivity contribution in [1.29, 1.82) is 0 Å². The molecule has 2 rings (SSSR count). The minimum absolute atomic E-state index is 0.223. The minimum Gasteiger partial charge on any atom is -0.481 e. The smallest absolute Gasteiger partial charge is 0.224 e. The second kappa shape index (κ2) is 6.12. The lowest BCUT2D eigenvalue weighted by atomic mass is 9.91. The predicted octanol–water partition coefficient (Wildman–Crippen LogP) is 2.83. The van der Waals surface area contributed by atoms with Gasteiger partial charge in [0.15, 0.2) is 0 Å². The lowest BCUT2D eigenvalue weighted by Crippen LogP contribution is -2.20. The van der Waals surface area contributed by atoms with E-state index in [9.17, 15) is 4.79 Å². The van der Waals surface area contributed by atoms with Crippen LogP contribution in [0.5, 0.6) is 5.75 Å². The third kappa shape index (κ3) is 2.75. The highest BCUT2D eigenvalue weighted by Gasteiger charge is 2.18. The Morgan fingerprint density at radius 1 is 1.40 bits per heavy atom. The van der Waals surface area contributed by atoms with Crippen molar-refractivity contribution in [2.45, 2.75) is 19.3 Å². The molecular weight excluding hydrogens is 250 g/mol. The number of carbonyl (C=O) groups is 1. The maximum atomic E-state index is 11.6. The van der Waals surface area contributed by atoms with Crippen LogP contribution in [0.25, 0.3) is 10.8 Å². The second-order valence-electron chi connectivity index (χ2n) is 4.59. The topological polar surface area (TPSA) is 52.3 Å². The summed E-state index contributed by atoms with van der Waals surface area (Å²) < 4.78 is 5.44. The van der Waals surface area contributed by atoms with E-state index in [1.807, 2.05) is 43.3 Å². The van der Waals surface area contributed by atoms with Gasteiger partial charge in [-0.05, 0) is 34.9 Å². The fraction of sp³-hybridized carbons (Fsp3) is 0.235. The van der Waals surface area contributed by atoms with Gasteiger partial charge in [-0.25, -0.2) is 0 Å². The molecule has 1 atom stereocenters. The Kier molecular flexibility index (Phi) is 4.27. The zero-order chi connectivity index (χ0) is 14.5. The van der Waals surface area contributed by atoms with E-state index >= 15 is 0 Å². The number of primary amides is 1. The quantitative estimate of drug-likeness (QED) is 0.847. The summed E-state index contributed by atoms with van der Waals surface area (Å²) in [5.41, 5.74) is 6.43. The number of benzene rings is 2. The highest BCUT2D eigenvalue weighted by molar-refractivity contribution is 5.93. The zero-order valence-electron chi connectivity index (χ0n) is 11.4. The Morgan fingerprint density at radius 3 is 2.85 bits per heavy atom. The van der Waals surface area contributed by atoms with Crippen LogP contribution in [0.1, 0.15) is 24.8 Å². The van der Waals surface area contributed by atoms with Gasteiger partial charge >= 0.3 is 0 Å². The van der Waals surface area contributed by atoms with Gasteiger partial charge in [0.05, 0.1) is 5.92 Å². The molecule has 0 radical (unpaired) electrons. The maximum Gasteiger partial charge on any atom is 0.224 e. The van der Waals surface area contributed by atoms with Crippen molar-refractivity contribution in [2.75, 3.05) is 6.61 Å². The van der Waals surface area contributed by atoms with E-state index in [1.54, 1.807) is 0 Å². The molecule has 3 nitrogen and oxygen atoms in total. The summed E-state index contributed by atoms with van der Waals surface area (Å²) in [7, 11) is 0. The van der Waals surface area contributed by atoms with Crippen LogP contribution in [0, 0.1) is 12.3 Å². The first-order chi connectivity index (χ1) is 9.67. The molecule has 0 aliphatic carbocycles. The predicted molar refractivity (Wildman–Crippen MR) is 80.5 cm³/mol. The zero-order valence-corrected chi connectivity index (χ0v) is 11.4. The summed E-state index contributed by atoms with van der Waals surface area (Å²) in [6.45, 7) is 2.17. The van der Waals surface area contributed by atoms with Crippen LogP contribution in [-0.2, 0) is 4.79 Å². The van der Waals surface area contributed by atoms with Crippen molar-refractivity contribution < 1.29 is 9.53 Å². The van der Waals surface area contributed by atoms with E-state index in [-0.39, 0.29) is 18.4 Å². The summed E-state index contributed by atoms with van der Waals surface area (Å²) >= 11 is 0. The molecule has 3 heteroatoms. The molecule has 1 unspecified atom stereocenters. The Balaban J connectivity index is 2.54. The number of hydrogen-bond donors (Lipinski definition) is 1. The summed E-state index contributed by atoms with van der Waals surface area (Å²) in [6.07, 6.45) is 5.86. The average Bonchev–Trinajstić information content (AvgIpc) is 2.45. The van der Waals surface area contributed by atoms with Crippen molar-refractivity contribution in [2.24, 2.45) is 5.73 Å². The Morgan fingerprint density at radius 2 is 2.20 bits per heavy atom. The Hall–Kier alpha value is -2.47. The summed E-state index contributed by atoms with van der Waals surface area (Å²) in [5.74, 6) is 2.53. The van der Waals surface area contributed by atoms with Crippen molar-refractivity contribution in [1.82, 2.24) is 0 Å². The van der Waals surface area contributed by atoms with E-state index in [0.29, 0.717) is 12.2 Å². The van der Waals surface area contributed by atoms with E-state index in [0.717, 1.165) is 16.3 Å². The number of rotatable bonds is 5. The van der Waals surface area contributed by atoms with E-state index < -0.39 is 0 Å². The molecule has 0 aliphatic heterocycles. The molecule has 0 bridgehead atoms. The normalized spacial score (nSPS) is 11.8. The molecule has 0 saturated carbocycles. The van der Waals surface area contributed by atoms with Gasteiger partial charge in [-0.2, -0.15) is 0 Å². The SMILES string of the molecule is C#CCOc1ccc2cccc(C(CC)C(N)=O)c2c1. The van der Waals surface area contributed by atoms with Crippen LogP contribution < -0.4 is 10.5 Å². The van der Waals surface area contributed by atoms with Gasteiger partial charge in [0, 0.05) is 0 Å². The third-order valence-corrected chi connectivity index (χ3v) is 3.34. The fourth-order valence-corrected chi connectivity index (χ4v) is 2.37. The number of amides is 1. The molecule has 0 saturated heterocycles. The summed E-state index contributed by atoms with van der Waals surface area (Å²) in [6, 6.07) is 11.6. The van der Waals surface area contributed by atoms with Crippen molar-refractivity contribution in [3.8, 4) is 18.1 Å². The van der Waals surface area contributed by atoms with E-state index in [4.69, 9.17) is 16.9 Å². The summed E-state index contributed by atoms with van der Waals surface area (Å²) in [5, 5.41) is 2.03. The fourth-order valence-electron chi connectivity index (χ4n) is 2.37. The van der Waals surface area contributed by atoms with E-state index in [2.05, 4.69) is 5.92 Å². The second-order valence-corrected chi connectivity index (χ2v) is 4.59. The van der Waals surface area contributed by atoms with Gasteiger partial charge in [-0.3, -0.25) is 4.79 Å². The highest BCUT2D eigenvalue weighted by Crippen LogP contribution is 2.30. The molecule has 2 aromatic carbocycles. The Labute approximate surface area is 118 Å². The molecule has 0 heterocycles. The monoisotopic (exact) mass is 267 g/mol. The van der Waals surface area contributed by atoms with Gasteiger partial charge in [0.2, 0.25) is 5.91 Å². The first kappa shape index (κ1) is 14.0. The molecule has 0 aliphatic rings. The molecule has 102 valence electrons. The van der Waals surface area contributed by atoms with Crippen LogP contribution in [-0.4, -0.2) is 12.5 Å². The Bertz CT molecular complexity index is 670. The van der Waals surface area contributed by atoms with Crippen molar-refractivity contribution in [3.63, 3.8) is 0 Å². The minimum atomic E-state index is -0.310. The lowest BCUT2D eigenvalue weighted by molar-refractivity contribution is -0.119. The molecule has 1 amide bonds. The van der Waals surface area contributed by atoms with Crippen LogP contribution in [0.2, 0.25) is 0 Å². The van der Waals surface area contributed by atoms with Crippen LogP contribution in [0.4, 0.5) is 0 Å². The maximum absolute atomic E-state index is 11.6. The van der Waals surface area contributed by atoms with E-state index in [1.165, 1.54) is 0 Å². The number of terminal acetylenes is 1. The van der Waals surface area contributed by atoms with Gasteiger partial charge in [0.25, 0.3) is 0 Å². The molecule has 20 heavy (non-hydrogen) atoms. The summed E-state index contributed by atoms with van der Waals surface area (Å²) in [4.78, 5) is 11.6. The van der Waals surface area contributed by atoms with Gasteiger partial charge < -0.3 is 10.5 Å². The largest absolute Gasteiger partial charge is 0.481 e. The van der Waals surface area contributed by atoms with Crippen molar-refractivity contribution >= 4 is 16.7 Å². The first-order valence-electron chi connectivity index (χ1n) is 6.55. The third-order valence-electron chi connectivity index (χ3n) is 3.34. The van der Waals surface area contributed by atoms with Gasteiger partial charge in [-0.15, -0.1) is 6.42 Å². The van der Waals surface area contributed by atoms with Gasteiger partial charge in [0.1, 0.15) is 12.4 Å². The number of ether oxygens (including phenoxy) is 1. The first-order valence-corrected chi connectivity index (χ1v) is 6.55. The van der Waals surface area contributed by atoms with Crippen LogP contribution in [0.15, 0.2) is 36.4 Å². The van der Waals surface area contributed by atoms with Crippen LogP contribution >= 0.6 is 0 Å². The molecule has 2 N–H and O–H groups in total. The molecule has 0 spiro atoms.